The summed E-state index contributed by atoms with van der Waals surface area (Å²) in [5, 5.41) is 2.97. The Morgan fingerprint density at radius 1 is 1.18 bits per heavy atom. The van der Waals surface area contributed by atoms with Crippen molar-refractivity contribution < 1.29 is 9.53 Å². The minimum absolute atomic E-state index is 0.273. The molecule has 0 spiro atoms. The highest BCUT2D eigenvalue weighted by Crippen LogP contribution is 2.29. The molecule has 0 radical (unpaired) electrons. The molecule has 100 valence electrons. The van der Waals surface area contributed by atoms with Crippen LogP contribution >= 0.6 is 0 Å². The maximum Gasteiger partial charge on any atom is 0.407 e. The first-order valence-corrected chi connectivity index (χ1v) is 6.77. The van der Waals surface area contributed by atoms with Gasteiger partial charge in [0.2, 0.25) is 0 Å². The van der Waals surface area contributed by atoms with E-state index < -0.39 is 5.60 Å². The molecule has 0 bridgehead atoms. The standard InChI is InChI=1S/C14H27NO2/c1-10(2)11-6-8-12(9-7-11)15-13(16)17-14(3,4)5/h10-12H,6-9H2,1-5H3,(H,15,16)/t11-,12+. The molecule has 0 unspecified atom stereocenters. The van der Waals surface area contributed by atoms with Gasteiger partial charge in [-0.1, -0.05) is 13.8 Å². The zero-order chi connectivity index (χ0) is 13.1. The highest BCUT2D eigenvalue weighted by atomic mass is 16.6. The lowest BCUT2D eigenvalue weighted by molar-refractivity contribution is 0.0484. The molecule has 1 aliphatic carbocycles. The molecule has 0 aromatic rings. The number of carbonyl (C=O) groups is 1. The number of hydrogen-bond donors (Lipinski definition) is 1. The zero-order valence-corrected chi connectivity index (χ0v) is 11.9. The fourth-order valence-electron chi connectivity index (χ4n) is 2.40. The Hall–Kier alpha value is -0.730. The van der Waals surface area contributed by atoms with Crippen LogP contribution in [0, 0.1) is 11.8 Å². The minimum Gasteiger partial charge on any atom is -0.444 e. The van der Waals surface area contributed by atoms with Gasteiger partial charge in [-0.25, -0.2) is 4.79 Å². The highest BCUT2D eigenvalue weighted by Gasteiger charge is 2.25. The molecule has 1 amide bonds. The molecule has 0 atom stereocenters. The Morgan fingerprint density at radius 3 is 2.12 bits per heavy atom. The first-order chi connectivity index (χ1) is 7.78. The van der Waals surface area contributed by atoms with E-state index in [1.807, 2.05) is 20.8 Å². The number of carbonyl (C=O) groups excluding carboxylic acids is 1. The van der Waals surface area contributed by atoms with Gasteiger partial charge in [-0.15, -0.1) is 0 Å². The van der Waals surface area contributed by atoms with Crippen LogP contribution in [0.5, 0.6) is 0 Å². The molecular weight excluding hydrogens is 214 g/mol. The van der Waals surface area contributed by atoms with Gasteiger partial charge in [0.15, 0.2) is 0 Å². The van der Waals surface area contributed by atoms with Gasteiger partial charge in [0.25, 0.3) is 0 Å². The number of alkyl carbamates (subject to hydrolysis) is 1. The van der Waals surface area contributed by atoms with Crippen LogP contribution in [0.2, 0.25) is 0 Å². The average Bonchev–Trinajstić information content (AvgIpc) is 2.15. The third-order valence-electron chi connectivity index (χ3n) is 3.44. The van der Waals surface area contributed by atoms with Crippen molar-refractivity contribution in [3.05, 3.63) is 0 Å². The number of rotatable bonds is 2. The summed E-state index contributed by atoms with van der Waals surface area (Å²) in [5.74, 6) is 1.59. The van der Waals surface area contributed by atoms with Gasteiger partial charge in [0.1, 0.15) is 5.60 Å². The Bertz CT molecular complexity index is 247. The molecule has 0 aromatic carbocycles. The van der Waals surface area contributed by atoms with E-state index >= 15 is 0 Å². The van der Waals surface area contributed by atoms with Crippen molar-refractivity contribution in [3.63, 3.8) is 0 Å². The molecule has 0 aromatic heterocycles. The van der Waals surface area contributed by atoms with Gasteiger partial charge in [-0.05, 0) is 58.3 Å². The normalized spacial score (nSPS) is 25.8. The average molecular weight is 241 g/mol. The van der Waals surface area contributed by atoms with E-state index in [-0.39, 0.29) is 6.09 Å². The van der Waals surface area contributed by atoms with Crippen molar-refractivity contribution in [1.29, 1.82) is 0 Å². The topological polar surface area (TPSA) is 38.3 Å². The first kappa shape index (κ1) is 14.3. The molecule has 1 rings (SSSR count). The van der Waals surface area contributed by atoms with Crippen LogP contribution in [0.3, 0.4) is 0 Å². The second-order valence-corrected chi connectivity index (χ2v) is 6.50. The van der Waals surface area contributed by atoms with Crippen LogP contribution in [0.1, 0.15) is 60.3 Å². The molecule has 3 heteroatoms. The van der Waals surface area contributed by atoms with E-state index in [1.54, 1.807) is 0 Å². The van der Waals surface area contributed by atoms with Crippen molar-refractivity contribution in [1.82, 2.24) is 5.32 Å². The van der Waals surface area contributed by atoms with Gasteiger partial charge >= 0.3 is 6.09 Å². The molecule has 3 nitrogen and oxygen atoms in total. The minimum atomic E-state index is -0.404. The SMILES string of the molecule is CC(C)[C@H]1CC[C@@H](NC(=O)OC(C)(C)C)CC1. The predicted octanol–water partition coefficient (Wildman–Crippen LogP) is 3.73. The zero-order valence-electron chi connectivity index (χ0n) is 11.9. The van der Waals surface area contributed by atoms with E-state index in [0.29, 0.717) is 6.04 Å². The Kier molecular flexibility index (Phi) is 4.84. The van der Waals surface area contributed by atoms with Crippen molar-refractivity contribution in [2.24, 2.45) is 11.8 Å². The van der Waals surface area contributed by atoms with E-state index in [2.05, 4.69) is 19.2 Å². The fourth-order valence-corrected chi connectivity index (χ4v) is 2.40. The lowest BCUT2D eigenvalue weighted by Gasteiger charge is -2.31. The fraction of sp³-hybridized carbons (Fsp3) is 0.929. The van der Waals surface area contributed by atoms with Crippen LogP contribution in [-0.2, 0) is 4.74 Å². The largest absolute Gasteiger partial charge is 0.444 e. The summed E-state index contributed by atoms with van der Waals surface area (Å²) in [6, 6.07) is 0.305. The molecule has 1 saturated carbocycles. The summed E-state index contributed by atoms with van der Waals surface area (Å²) >= 11 is 0. The Balaban J connectivity index is 2.29. The van der Waals surface area contributed by atoms with Crippen molar-refractivity contribution in [3.8, 4) is 0 Å². The first-order valence-electron chi connectivity index (χ1n) is 6.77. The molecule has 1 N–H and O–H groups in total. The molecule has 0 saturated heterocycles. The molecule has 17 heavy (non-hydrogen) atoms. The van der Waals surface area contributed by atoms with Gasteiger partial charge < -0.3 is 10.1 Å². The smallest absolute Gasteiger partial charge is 0.407 e. The van der Waals surface area contributed by atoms with Gasteiger partial charge in [0, 0.05) is 6.04 Å². The van der Waals surface area contributed by atoms with E-state index in [9.17, 15) is 4.79 Å². The predicted molar refractivity (Wildman–Crippen MR) is 70.0 cm³/mol. The van der Waals surface area contributed by atoms with E-state index in [1.165, 1.54) is 12.8 Å². The summed E-state index contributed by atoms with van der Waals surface area (Å²) < 4.78 is 5.26. The summed E-state index contributed by atoms with van der Waals surface area (Å²) in [5.41, 5.74) is -0.404. The quantitative estimate of drug-likeness (QED) is 0.800. The highest BCUT2D eigenvalue weighted by molar-refractivity contribution is 5.68. The van der Waals surface area contributed by atoms with Crippen LogP contribution in [-0.4, -0.2) is 17.7 Å². The van der Waals surface area contributed by atoms with Crippen LogP contribution < -0.4 is 5.32 Å². The van der Waals surface area contributed by atoms with Gasteiger partial charge in [-0.2, -0.15) is 0 Å². The maximum atomic E-state index is 11.6. The molecular formula is C14H27NO2. The van der Waals surface area contributed by atoms with Crippen molar-refractivity contribution >= 4 is 6.09 Å². The van der Waals surface area contributed by atoms with Crippen molar-refractivity contribution in [2.45, 2.75) is 71.9 Å². The molecule has 0 aliphatic heterocycles. The third-order valence-corrected chi connectivity index (χ3v) is 3.44. The van der Waals surface area contributed by atoms with Crippen LogP contribution in [0.15, 0.2) is 0 Å². The molecule has 0 heterocycles. The lowest BCUT2D eigenvalue weighted by Crippen LogP contribution is -2.41. The maximum absolute atomic E-state index is 11.6. The number of ether oxygens (including phenoxy) is 1. The summed E-state index contributed by atoms with van der Waals surface area (Å²) in [6.07, 6.45) is 4.34. The summed E-state index contributed by atoms with van der Waals surface area (Å²) in [4.78, 5) is 11.6. The van der Waals surface area contributed by atoms with Crippen LogP contribution in [0.25, 0.3) is 0 Å². The number of hydrogen-bond acceptors (Lipinski definition) is 2. The third kappa shape index (κ3) is 5.42. The van der Waals surface area contributed by atoms with Crippen LogP contribution in [0.4, 0.5) is 4.79 Å². The second-order valence-electron chi connectivity index (χ2n) is 6.50. The van der Waals surface area contributed by atoms with E-state index in [4.69, 9.17) is 4.74 Å². The van der Waals surface area contributed by atoms with E-state index in [0.717, 1.165) is 24.7 Å². The number of nitrogens with one attached hydrogen (secondary N) is 1. The van der Waals surface area contributed by atoms with Crippen molar-refractivity contribution in [2.75, 3.05) is 0 Å². The van der Waals surface area contributed by atoms with Gasteiger partial charge in [-0.3, -0.25) is 0 Å². The summed E-state index contributed by atoms with van der Waals surface area (Å²) in [6.45, 7) is 10.2. The van der Waals surface area contributed by atoms with Gasteiger partial charge in [0.05, 0.1) is 0 Å². The summed E-state index contributed by atoms with van der Waals surface area (Å²) in [7, 11) is 0. The molecule has 1 aliphatic rings. The monoisotopic (exact) mass is 241 g/mol. The second kappa shape index (κ2) is 5.74. The Morgan fingerprint density at radius 2 is 1.71 bits per heavy atom. The number of amides is 1. The molecule has 1 fully saturated rings. The Labute approximate surface area is 105 Å². The lowest BCUT2D eigenvalue weighted by atomic mass is 9.80.